The van der Waals surface area contributed by atoms with Crippen LogP contribution in [0.25, 0.3) is 0 Å². The summed E-state index contributed by atoms with van der Waals surface area (Å²) in [7, 11) is 0. The van der Waals surface area contributed by atoms with Crippen LogP contribution in [-0.2, 0) is 6.54 Å². The number of pyridine rings is 1. The third-order valence-electron chi connectivity index (χ3n) is 3.15. The topological polar surface area (TPSA) is 53.4 Å². The molecule has 0 atom stereocenters. The molecule has 0 radical (unpaired) electrons. The van der Waals surface area contributed by atoms with Crippen LogP contribution in [0.5, 0.6) is 0 Å². The molecule has 4 heteroatoms. The van der Waals surface area contributed by atoms with Gasteiger partial charge in [0.1, 0.15) is 0 Å². The molecule has 0 amide bonds. The van der Waals surface area contributed by atoms with Crippen molar-refractivity contribution in [1.29, 1.82) is 0 Å². The Morgan fingerprint density at radius 3 is 2.59 bits per heavy atom. The molecule has 2 heterocycles. The van der Waals surface area contributed by atoms with E-state index in [1.165, 1.54) is 31.9 Å². The number of hydrogen-bond donors (Lipinski definition) is 1. The third-order valence-corrected chi connectivity index (χ3v) is 3.15. The molecule has 1 saturated heterocycles. The zero-order valence-electron chi connectivity index (χ0n) is 9.93. The highest BCUT2D eigenvalue weighted by atomic mass is 16.4. The number of carbonyl (C=O) groups is 1. The first-order valence-corrected chi connectivity index (χ1v) is 6.15. The number of rotatable bonds is 3. The van der Waals surface area contributed by atoms with Crippen molar-refractivity contribution in [2.75, 3.05) is 13.1 Å². The van der Waals surface area contributed by atoms with Crippen LogP contribution in [0, 0.1) is 0 Å². The van der Waals surface area contributed by atoms with Gasteiger partial charge in [-0.15, -0.1) is 0 Å². The van der Waals surface area contributed by atoms with Gasteiger partial charge in [0.05, 0.1) is 5.56 Å². The summed E-state index contributed by atoms with van der Waals surface area (Å²) in [4.78, 5) is 17.2. The second-order valence-corrected chi connectivity index (χ2v) is 4.58. The van der Waals surface area contributed by atoms with Crippen molar-refractivity contribution < 1.29 is 9.90 Å². The molecule has 0 aromatic carbocycles. The molecule has 1 fully saturated rings. The fourth-order valence-corrected chi connectivity index (χ4v) is 2.24. The molecule has 0 saturated carbocycles. The fourth-order valence-electron chi connectivity index (χ4n) is 2.24. The standard InChI is InChI=1S/C13H18N2O2/c16-13(17)12-7-11(8-14-9-12)10-15-5-3-1-2-4-6-15/h7-9H,1-6,10H2,(H,16,17). The normalized spacial score (nSPS) is 17.6. The van der Waals surface area contributed by atoms with Crippen molar-refractivity contribution in [1.82, 2.24) is 9.88 Å². The summed E-state index contributed by atoms with van der Waals surface area (Å²) in [5.74, 6) is -0.907. The van der Waals surface area contributed by atoms with Crippen LogP contribution < -0.4 is 0 Å². The summed E-state index contributed by atoms with van der Waals surface area (Å²) < 4.78 is 0. The van der Waals surface area contributed by atoms with Crippen molar-refractivity contribution in [3.05, 3.63) is 29.6 Å². The maximum absolute atomic E-state index is 10.8. The van der Waals surface area contributed by atoms with E-state index in [1.54, 1.807) is 12.3 Å². The highest BCUT2D eigenvalue weighted by Gasteiger charge is 2.11. The molecule has 1 N–H and O–H groups in total. The van der Waals surface area contributed by atoms with Gasteiger partial charge in [0.25, 0.3) is 0 Å². The Morgan fingerprint density at radius 2 is 1.94 bits per heavy atom. The Morgan fingerprint density at radius 1 is 1.24 bits per heavy atom. The molecular formula is C13H18N2O2. The lowest BCUT2D eigenvalue weighted by Gasteiger charge is -2.19. The first-order chi connectivity index (χ1) is 8.25. The Hall–Kier alpha value is -1.42. The average molecular weight is 234 g/mol. The Balaban J connectivity index is 2.01. The minimum absolute atomic E-state index is 0.275. The summed E-state index contributed by atoms with van der Waals surface area (Å²) in [6, 6.07) is 1.72. The Labute approximate surface area is 101 Å². The number of nitrogens with zero attached hydrogens (tertiary/aromatic N) is 2. The van der Waals surface area contributed by atoms with Crippen LogP contribution in [-0.4, -0.2) is 34.0 Å². The van der Waals surface area contributed by atoms with Crippen molar-refractivity contribution in [3.63, 3.8) is 0 Å². The number of aromatic nitrogens is 1. The molecule has 2 rings (SSSR count). The quantitative estimate of drug-likeness (QED) is 0.870. The van der Waals surface area contributed by atoms with E-state index in [0.29, 0.717) is 0 Å². The molecule has 1 aliphatic rings. The van der Waals surface area contributed by atoms with E-state index < -0.39 is 5.97 Å². The predicted octanol–water partition coefficient (Wildman–Crippen LogP) is 2.16. The van der Waals surface area contributed by atoms with Crippen molar-refractivity contribution in [3.8, 4) is 0 Å². The van der Waals surface area contributed by atoms with E-state index >= 15 is 0 Å². The third kappa shape index (κ3) is 3.53. The lowest BCUT2D eigenvalue weighted by molar-refractivity contribution is 0.0696. The van der Waals surface area contributed by atoms with Gasteiger partial charge in [0.15, 0.2) is 0 Å². The van der Waals surface area contributed by atoms with Crippen LogP contribution >= 0.6 is 0 Å². The van der Waals surface area contributed by atoms with Crippen LogP contribution in [0.4, 0.5) is 0 Å². The minimum atomic E-state index is -0.907. The van der Waals surface area contributed by atoms with Crippen LogP contribution in [0.2, 0.25) is 0 Å². The number of hydrogen-bond acceptors (Lipinski definition) is 3. The van der Waals surface area contributed by atoms with Gasteiger partial charge in [-0.25, -0.2) is 4.79 Å². The smallest absolute Gasteiger partial charge is 0.337 e. The first-order valence-electron chi connectivity index (χ1n) is 6.15. The Kier molecular flexibility index (Phi) is 4.09. The van der Waals surface area contributed by atoms with Gasteiger partial charge in [-0.1, -0.05) is 12.8 Å². The molecule has 0 unspecified atom stereocenters. The Bertz CT molecular complexity index is 385. The molecule has 0 spiro atoms. The summed E-state index contributed by atoms with van der Waals surface area (Å²) in [5.41, 5.74) is 1.27. The number of carboxylic acid groups (broad SMARTS) is 1. The van der Waals surface area contributed by atoms with Gasteiger partial charge in [0, 0.05) is 18.9 Å². The summed E-state index contributed by atoms with van der Waals surface area (Å²) in [6.45, 7) is 3.03. The van der Waals surface area contributed by atoms with Crippen LogP contribution in [0.15, 0.2) is 18.5 Å². The first kappa shape index (κ1) is 12.0. The minimum Gasteiger partial charge on any atom is -0.478 e. The zero-order chi connectivity index (χ0) is 12.1. The van der Waals surface area contributed by atoms with E-state index in [2.05, 4.69) is 9.88 Å². The predicted molar refractivity (Wildman–Crippen MR) is 64.9 cm³/mol. The maximum atomic E-state index is 10.8. The van der Waals surface area contributed by atoms with Gasteiger partial charge in [-0.2, -0.15) is 0 Å². The molecule has 1 aromatic rings. The molecular weight excluding hydrogens is 216 g/mol. The van der Waals surface area contributed by atoms with Crippen LogP contribution in [0.3, 0.4) is 0 Å². The van der Waals surface area contributed by atoms with Gasteiger partial charge in [0.2, 0.25) is 0 Å². The number of carboxylic acids is 1. The SMILES string of the molecule is O=C(O)c1cncc(CN2CCCCCC2)c1. The van der Waals surface area contributed by atoms with Gasteiger partial charge in [-0.3, -0.25) is 9.88 Å². The maximum Gasteiger partial charge on any atom is 0.337 e. The monoisotopic (exact) mass is 234 g/mol. The van der Waals surface area contributed by atoms with Crippen molar-refractivity contribution in [2.45, 2.75) is 32.2 Å². The van der Waals surface area contributed by atoms with Gasteiger partial charge in [-0.05, 0) is 37.6 Å². The molecule has 92 valence electrons. The lowest BCUT2D eigenvalue weighted by atomic mass is 10.2. The second-order valence-electron chi connectivity index (χ2n) is 4.58. The summed E-state index contributed by atoms with van der Waals surface area (Å²) in [6.07, 6.45) is 8.26. The molecule has 1 aromatic heterocycles. The molecule has 1 aliphatic heterocycles. The van der Waals surface area contributed by atoms with E-state index in [4.69, 9.17) is 5.11 Å². The van der Waals surface area contributed by atoms with E-state index in [0.717, 1.165) is 25.2 Å². The van der Waals surface area contributed by atoms with Crippen LogP contribution in [0.1, 0.15) is 41.6 Å². The van der Waals surface area contributed by atoms with Crippen molar-refractivity contribution in [2.24, 2.45) is 0 Å². The van der Waals surface area contributed by atoms with E-state index in [9.17, 15) is 4.79 Å². The van der Waals surface area contributed by atoms with Gasteiger partial charge < -0.3 is 5.11 Å². The number of aromatic carboxylic acids is 1. The fraction of sp³-hybridized carbons (Fsp3) is 0.538. The largest absolute Gasteiger partial charge is 0.478 e. The van der Waals surface area contributed by atoms with E-state index in [-0.39, 0.29) is 5.56 Å². The number of likely N-dealkylation sites (tertiary alicyclic amines) is 1. The van der Waals surface area contributed by atoms with E-state index in [1.807, 2.05) is 0 Å². The van der Waals surface area contributed by atoms with Gasteiger partial charge >= 0.3 is 5.97 Å². The molecule has 17 heavy (non-hydrogen) atoms. The summed E-state index contributed by atoms with van der Waals surface area (Å²) >= 11 is 0. The zero-order valence-corrected chi connectivity index (χ0v) is 9.93. The molecule has 0 bridgehead atoms. The molecule has 0 aliphatic carbocycles. The molecule has 4 nitrogen and oxygen atoms in total. The summed E-state index contributed by atoms with van der Waals surface area (Å²) in [5, 5.41) is 8.91. The highest BCUT2D eigenvalue weighted by molar-refractivity contribution is 5.87. The average Bonchev–Trinajstić information content (AvgIpc) is 2.58. The lowest BCUT2D eigenvalue weighted by Crippen LogP contribution is -2.24. The van der Waals surface area contributed by atoms with Crippen molar-refractivity contribution >= 4 is 5.97 Å². The highest BCUT2D eigenvalue weighted by Crippen LogP contribution is 2.13. The second kappa shape index (κ2) is 5.77.